The van der Waals surface area contributed by atoms with E-state index >= 15 is 0 Å². The van der Waals surface area contributed by atoms with E-state index in [-0.39, 0.29) is 6.04 Å². The van der Waals surface area contributed by atoms with Crippen molar-refractivity contribution in [3.63, 3.8) is 0 Å². The molecule has 14 heavy (non-hydrogen) atoms. The highest BCUT2D eigenvalue weighted by atomic mass is 14.8. The molecule has 0 N–H and O–H groups in total. The molecule has 2 nitrogen and oxygen atoms in total. The third-order valence-electron chi connectivity index (χ3n) is 2.74. The summed E-state index contributed by atoms with van der Waals surface area (Å²) < 4.78 is 0. The van der Waals surface area contributed by atoms with Crippen LogP contribution in [0, 0.1) is 0 Å². The fourth-order valence-corrected chi connectivity index (χ4v) is 2.01. The van der Waals surface area contributed by atoms with Crippen LogP contribution in [0.4, 0.5) is 0 Å². The van der Waals surface area contributed by atoms with Crippen molar-refractivity contribution in [2.45, 2.75) is 12.0 Å². The Labute approximate surface area is 82.7 Å². The molecule has 2 atom stereocenters. The number of hydrogen-bond acceptors (Lipinski definition) is 2. The van der Waals surface area contributed by atoms with Gasteiger partial charge in [-0.3, -0.25) is 9.98 Å². The molecule has 1 aromatic rings. The van der Waals surface area contributed by atoms with Gasteiger partial charge in [-0.25, -0.2) is 0 Å². The van der Waals surface area contributed by atoms with E-state index in [4.69, 9.17) is 0 Å². The number of allylic oxidation sites excluding steroid dienone is 2. The van der Waals surface area contributed by atoms with Gasteiger partial charge in [-0.05, 0) is 17.2 Å². The van der Waals surface area contributed by atoms with Crippen LogP contribution in [0.1, 0.15) is 17.0 Å². The Morgan fingerprint density at radius 2 is 2.07 bits per heavy atom. The standard InChI is InChI=1S/C12H10N2/c1-2-4-12-10(3-1)11-8-13-6-5-9(11)7-14-12/h1-8,10,12H. The van der Waals surface area contributed by atoms with Crippen LogP contribution in [0.25, 0.3) is 0 Å². The Kier molecular flexibility index (Phi) is 1.60. The molecule has 68 valence electrons. The monoisotopic (exact) mass is 182 g/mol. The van der Waals surface area contributed by atoms with Crippen LogP contribution in [0.5, 0.6) is 0 Å². The molecule has 1 aliphatic heterocycles. The summed E-state index contributed by atoms with van der Waals surface area (Å²) in [6.07, 6.45) is 14.2. The Bertz CT molecular complexity index is 443. The van der Waals surface area contributed by atoms with E-state index in [1.54, 1.807) is 0 Å². The summed E-state index contributed by atoms with van der Waals surface area (Å²) in [7, 11) is 0. The zero-order chi connectivity index (χ0) is 9.38. The number of pyridine rings is 1. The molecule has 0 spiro atoms. The Balaban J connectivity index is 2.15. The van der Waals surface area contributed by atoms with E-state index in [2.05, 4.69) is 34.3 Å². The zero-order valence-electron chi connectivity index (χ0n) is 7.67. The lowest BCUT2D eigenvalue weighted by molar-refractivity contribution is 0.703. The van der Waals surface area contributed by atoms with E-state index in [0.717, 1.165) is 0 Å². The van der Waals surface area contributed by atoms with E-state index in [0.29, 0.717) is 5.92 Å². The van der Waals surface area contributed by atoms with Crippen molar-refractivity contribution in [3.8, 4) is 0 Å². The molecule has 3 rings (SSSR count). The molecule has 0 saturated heterocycles. The lowest BCUT2D eigenvalue weighted by Gasteiger charge is -2.25. The fraction of sp³-hybridized carbons (Fsp3) is 0.167. The van der Waals surface area contributed by atoms with Gasteiger partial charge in [-0.15, -0.1) is 0 Å². The number of aliphatic imine (C=N–C) groups is 1. The van der Waals surface area contributed by atoms with Crippen LogP contribution >= 0.6 is 0 Å². The second kappa shape index (κ2) is 2.91. The summed E-state index contributed by atoms with van der Waals surface area (Å²) in [6.45, 7) is 0. The Hall–Kier alpha value is -1.70. The minimum Gasteiger partial charge on any atom is -0.284 e. The lowest BCUT2D eigenvalue weighted by atomic mass is 9.85. The first kappa shape index (κ1) is 7.68. The molecular weight excluding hydrogens is 172 g/mol. The second-order valence-electron chi connectivity index (χ2n) is 3.57. The summed E-state index contributed by atoms with van der Waals surface area (Å²) in [5, 5.41) is 0. The molecule has 2 unspecified atom stereocenters. The molecule has 0 radical (unpaired) electrons. The van der Waals surface area contributed by atoms with Gasteiger partial charge in [0.15, 0.2) is 0 Å². The zero-order valence-corrected chi connectivity index (χ0v) is 7.67. The minimum atomic E-state index is 0.275. The molecule has 2 heteroatoms. The molecule has 0 bridgehead atoms. The van der Waals surface area contributed by atoms with Crippen LogP contribution in [0.15, 0.2) is 47.8 Å². The second-order valence-corrected chi connectivity index (χ2v) is 3.57. The topological polar surface area (TPSA) is 25.2 Å². The highest BCUT2D eigenvalue weighted by molar-refractivity contribution is 5.84. The molecule has 0 amide bonds. The molecule has 0 saturated carbocycles. The van der Waals surface area contributed by atoms with Crippen molar-refractivity contribution >= 4 is 6.21 Å². The summed E-state index contributed by atoms with van der Waals surface area (Å²) in [6, 6.07) is 2.29. The first-order valence-corrected chi connectivity index (χ1v) is 4.77. The highest BCUT2D eigenvalue weighted by Gasteiger charge is 2.24. The van der Waals surface area contributed by atoms with Crippen LogP contribution in [-0.4, -0.2) is 17.2 Å². The number of hydrogen-bond donors (Lipinski definition) is 0. The van der Waals surface area contributed by atoms with Gasteiger partial charge in [0.2, 0.25) is 0 Å². The third kappa shape index (κ3) is 1.04. The summed E-state index contributed by atoms with van der Waals surface area (Å²) >= 11 is 0. The third-order valence-corrected chi connectivity index (χ3v) is 2.74. The lowest BCUT2D eigenvalue weighted by Crippen LogP contribution is -2.20. The first-order valence-electron chi connectivity index (χ1n) is 4.77. The molecule has 0 fully saturated rings. The maximum Gasteiger partial charge on any atom is 0.0787 e. The quantitative estimate of drug-likeness (QED) is 0.603. The number of fused-ring (bicyclic) bond motifs is 3. The van der Waals surface area contributed by atoms with Gasteiger partial charge in [0.25, 0.3) is 0 Å². The van der Waals surface area contributed by atoms with Gasteiger partial charge in [-0.2, -0.15) is 0 Å². The van der Waals surface area contributed by atoms with Crippen LogP contribution in [-0.2, 0) is 0 Å². The van der Waals surface area contributed by atoms with Crippen LogP contribution in [0.2, 0.25) is 0 Å². The first-order chi connectivity index (χ1) is 6.95. The normalized spacial score (nSPS) is 27.1. The van der Waals surface area contributed by atoms with Crippen molar-refractivity contribution in [2.24, 2.45) is 4.99 Å². The predicted molar refractivity (Wildman–Crippen MR) is 56.6 cm³/mol. The number of nitrogens with zero attached hydrogens (tertiary/aromatic N) is 2. The molecule has 1 aromatic heterocycles. The van der Waals surface area contributed by atoms with E-state index in [1.165, 1.54) is 11.1 Å². The van der Waals surface area contributed by atoms with Crippen molar-refractivity contribution < 1.29 is 0 Å². The van der Waals surface area contributed by atoms with Gasteiger partial charge in [0.05, 0.1) is 6.04 Å². The molecule has 1 aliphatic carbocycles. The van der Waals surface area contributed by atoms with E-state index < -0.39 is 0 Å². The van der Waals surface area contributed by atoms with Gasteiger partial charge < -0.3 is 0 Å². The van der Waals surface area contributed by atoms with Gasteiger partial charge >= 0.3 is 0 Å². The Morgan fingerprint density at radius 1 is 1.14 bits per heavy atom. The number of rotatable bonds is 0. The fourth-order valence-electron chi connectivity index (χ4n) is 2.01. The molecule has 2 aliphatic rings. The predicted octanol–water partition coefficient (Wildman–Crippen LogP) is 2.09. The van der Waals surface area contributed by atoms with Crippen LogP contribution < -0.4 is 0 Å². The molecule has 2 heterocycles. The van der Waals surface area contributed by atoms with Crippen molar-refractivity contribution in [2.75, 3.05) is 0 Å². The van der Waals surface area contributed by atoms with Crippen molar-refractivity contribution in [1.29, 1.82) is 0 Å². The van der Waals surface area contributed by atoms with E-state index in [1.807, 2.05) is 24.7 Å². The summed E-state index contributed by atoms with van der Waals surface area (Å²) in [4.78, 5) is 8.67. The van der Waals surface area contributed by atoms with Gasteiger partial charge in [0, 0.05) is 24.5 Å². The average molecular weight is 182 g/mol. The van der Waals surface area contributed by atoms with Gasteiger partial charge in [0.1, 0.15) is 0 Å². The number of aromatic nitrogens is 1. The largest absolute Gasteiger partial charge is 0.284 e. The highest BCUT2D eigenvalue weighted by Crippen LogP contribution is 2.31. The summed E-state index contributed by atoms with van der Waals surface area (Å²) in [5.41, 5.74) is 2.48. The maximum atomic E-state index is 4.50. The minimum absolute atomic E-state index is 0.275. The van der Waals surface area contributed by atoms with Gasteiger partial charge in [-0.1, -0.05) is 24.3 Å². The average Bonchev–Trinajstić information content (AvgIpc) is 2.29. The SMILES string of the molecule is C1=CC2N=Cc3ccncc3C2C=C1. The van der Waals surface area contributed by atoms with Crippen molar-refractivity contribution in [1.82, 2.24) is 4.98 Å². The van der Waals surface area contributed by atoms with Crippen LogP contribution in [0.3, 0.4) is 0 Å². The maximum absolute atomic E-state index is 4.50. The molecule has 0 aromatic carbocycles. The van der Waals surface area contributed by atoms with Crippen molar-refractivity contribution in [3.05, 3.63) is 53.9 Å². The smallest absolute Gasteiger partial charge is 0.0787 e. The molecular formula is C12H10N2. The Morgan fingerprint density at radius 3 is 3.07 bits per heavy atom. The summed E-state index contributed by atoms with van der Waals surface area (Å²) in [5.74, 6) is 0.383. The van der Waals surface area contributed by atoms with E-state index in [9.17, 15) is 0 Å².